The molecule has 1 atom stereocenters. The van der Waals surface area contributed by atoms with Crippen molar-refractivity contribution >= 4 is 11.9 Å². The molecule has 1 aliphatic carbocycles. The van der Waals surface area contributed by atoms with Crippen molar-refractivity contribution in [2.75, 3.05) is 7.11 Å². The first-order valence-corrected chi connectivity index (χ1v) is 6.63. The number of esters is 1. The topological polar surface area (TPSA) is 55.4 Å². The van der Waals surface area contributed by atoms with E-state index in [1.807, 2.05) is 30.3 Å². The smallest absolute Gasteiger partial charge is 0.328 e. The number of aryl methyl sites for hydroxylation is 1. The number of benzene rings is 1. The van der Waals surface area contributed by atoms with Gasteiger partial charge in [0, 0.05) is 5.92 Å². The Balaban J connectivity index is 1.89. The molecule has 0 aromatic heterocycles. The minimum absolute atomic E-state index is 0.0246. The SMILES string of the molecule is COC(=O)[C@@H](CCc1ccccc1)NC(=O)C1CC1. The van der Waals surface area contributed by atoms with Gasteiger partial charge in [-0.1, -0.05) is 30.3 Å². The van der Waals surface area contributed by atoms with Crippen molar-refractivity contribution in [2.24, 2.45) is 5.92 Å². The highest BCUT2D eigenvalue weighted by Gasteiger charge is 2.32. The highest BCUT2D eigenvalue weighted by Crippen LogP contribution is 2.29. The van der Waals surface area contributed by atoms with Gasteiger partial charge in [-0.3, -0.25) is 4.79 Å². The maximum absolute atomic E-state index is 11.7. The summed E-state index contributed by atoms with van der Waals surface area (Å²) in [5.41, 5.74) is 1.15. The van der Waals surface area contributed by atoms with Gasteiger partial charge in [0.25, 0.3) is 0 Å². The van der Waals surface area contributed by atoms with E-state index < -0.39 is 6.04 Å². The molecule has 1 aromatic carbocycles. The number of nitrogens with one attached hydrogen (secondary N) is 1. The standard InChI is InChI=1S/C15H19NO3/c1-19-15(18)13(16-14(17)12-8-9-12)10-7-11-5-3-2-4-6-11/h2-6,12-13H,7-10H2,1H3,(H,16,17)/t13-/m1/s1. The third-order valence-corrected chi connectivity index (χ3v) is 3.31. The van der Waals surface area contributed by atoms with Crippen LogP contribution in [0, 0.1) is 5.92 Å². The van der Waals surface area contributed by atoms with Gasteiger partial charge in [-0.2, -0.15) is 0 Å². The average molecular weight is 261 g/mol. The maximum Gasteiger partial charge on any atom is 0.328 e. The second kappa shape index (κ2) is 6.36. The highest BCUT2D eigenvalue weighted by molar-refractivity contribution is 5.86. The van der Waals surface area contributed by atoms with E-state index in [2.05, 4.69) is 5.32 Å². The largest absolute Gasteiger partial charge is 0.467 e. The van der Waals surface area contributed by atoms with Crippen LogP contribution in [0.1, 0.15) is 24.8 Å². The van der Waals surface area contributed by atoms with Crippen molar-refractivity contribution in [1.29, 1.82) is 0 Å². The summed E-state index contributed by atoms with van der Waals surface area (Å²) in [6, 6.07) is 9.36. The molecule has 1 saturated carbocycles. The molecule has 102 valence electrons. The molecule has 1 aromatic rings. The molecule has 19 heavy (non-hydrogen) atoms. The van der Waals surface area contributed by atoms with Gasteiger partial charge in [0.2, 0.25) is 5.91 Å². The summed E-state index contributed by atoms with van der Waals surface area (Å²) < 4.78 is 4.75. The third-order valence-electron chi connectivity index (χ3n) is 3.31. The molecule has 0 radical (unpaired) electrons. The van der Waals surface area contributed by atoms with E-state index in [9.17, 15) is 9.59 Å². The van der Waals surface area contributed by atoms with Gasteiger partial charge in [0.05, 0.1) is 7.11 Å². The lowest BCUT2D eigenvalue weighted by molar-refractivity contribution is -0.145. The fourth-order valence-electron chi connectivity index (χ4n) is 1.98. The van der Waals surface area contributed by atoms with Crippen molar-refractivity contribution in [3.63, 3.8) is 0 Å². The lowest BCUT2D eigenvalue weighted by Crippen LogP contribution is -2.42. The van der Waals surface area contributed by atoms with Crippen LogP contribution in [0.2, 0.25) is 0 Å². The second-order valence-corrected chi connectivity index (χ2v) is 4.88. The van der Waals surface area contributed by atoms with E-state index in [4.69, 9.17) is 4.74 Å². The van der Waals surface area contributed by atoms with Crippen LogP contribution in [0.5, 0.6) is 0 Å². The second-order valence-electron chi connectivity index (χ2n) is 4.88. The highest BCUT2D eigenvalue weighted by atomic mass is 16.5. The van der Waals surface area contributed by atoms with E-state index in [0.29, 0.717) is 6.42 Å². The third kappa shape index (κ3) is 4.09. The van der Waals surface area contributed by atoms with Crippen LogP contribution < -0.4 is 5.32 Å². The predicted molar refractivity (Wildman–Crippen MR) is 71.4 cm³/mol. The fourth-order valence-corrected chi connectivity index (χ4v) is 1.98. The molecule has 0 bridgehead atoms. The minimum Gasteiger partial charge on any atom is -0.467 e. The quantitative estimate of drug-likeness (QED) is 0.793. The number of ether oxygens (including phenoxy) is 1. The number of hydrogen-bond donors (Lipinski definition) is 1. The van der Waals surface area contributed by atoms with Gasteiger partial charge in [-0.25, -0.2) is 4.79 Å². The van der Waals surface area contributed by atoms with Gasteiger partial charge < -0.3 is 10.1 Å². The summed E-state index contributed by atoms with van der Waals surface area (Å²) in [6.45, 7) is 0. The van der Waals surface area contributed by atoms with Gasteiger partial charge in [0.1, 0.15) is 6.04 Å². The van der Waals surface area contributed by atoms with Crippen LogP contribution in [0.4, 0.5) is 0 Å². The summed E-state index contributed by atoms with van der Waals surface area (Å²) in [5, 5.41) is 2.79. The Morgan fingerprint density at radius 1 is 1.32 bits per heavy atom. The Kier molecular flexibility index (Phi) is 4.55. The molecular formula is C15H19NO3. The first-order chi connectivity index (χ1) is 9.20. The molecule has 4 nitrogen and oxygen atoms in total. The zero-order chi connectivity index (χ0) is 13.7. The number of rotatable bonds is 6. The lowest BCUT2D eigenvalue weighted by atomic mass is 10.1. The molecule has 0 heterocycles. The molecule has 0 aliphatic heterocycles. The molecular weight excluding hydrogens is 242 g/mol. The average Bonchev–Trinajstić information content (AvgIpc) is 3.28. The number of carbonyl (C=O) groups is 2. The number of hydrogen-bond acceptors (Lipinski definition) is 3. The first-order valence-electron chi connectivity index (χ1n) is 6.63. The summed E-state index contributed by atoms with van der Waals surface area (Å²) in [4.78, 5) is 23.4. The van der Waals surface area contributed by atoms with Gasteiger partial charge in [-0.05, 0) is 31.2 Å². The summed E-state index contributed by atoms with van der Waals surface area (Å²) in [5.74, 6) is -0.294. The molecule has 0 unspecified atom stereocenters. The van der Waals surface area contributed by atoms with E-state index in [0.717, 1.165) is 24.8 Å². The summed E-state index contributed by atoms with van der Waals surface area (Å²) in [6.07, 6.45) is 3.16. The molecule has 1 fully saturated rings. The molecule has 1 N–H and O–H groups in total. The number of amides is 1. The molecule has 2 rings (SSSR count). The Labute approximate surface area is 113 Å². The molecule has 1 aliphatic rings. The van der Waals surface area contributed by atoms with Crippen LogP contribution in [-0.2, 0) is 20.7 Å². The van der Waals surface area contributed by atoms with Crippen molar-refractivity contribution < 1.29 is 14.3 Å². The van der Waals surface area contributed by atoms with Crippen molar-refractivity contribution in [1.82, 2.24) is 5.32 Å². The summed E-state index contributed by atoms with van der Waals surface area (Å²) in [7, 11) is 1.35. The lowest BCUT2D eigenvalue weighted by Gasteiger charge is -2.16. The van der Waals surface area contributed by atoms with Crippen LogP contribution in [0.3, 0.4) is 0 Å². The Morgan fingerprint density at radius 3 is 2.58 bits per heavy atom. The van der Waals surface area contributed by atoms with Crippen LogP contribution >= 0.6 is 0 Å². The maximum atomic E-state index is 11.7. The molecule has 0 saturated heterocycles. The Bertz CT molecular complexity index is 440. The predicted octanol–water partition coefficient (Wildman–Crippen LogP) is 1.69. The Hall–Kier alpha value is -1.84. The van der Waals surface area contributed by atoms with Crippen molar-refractivity contribution in [3.8, 4) is 0 Å². The van der Waals surface area contributed by atoms with Gasteiger partial charge in [-0.15, -0.1) is 0 Å². The Morgan fingerprint density at radius 2 is 2.00 bits per heavy atom. The summed E-state index contributed by atoms with van der Waals surface area (Å²) >= 11 is 0. The monoisotopic (exact) mass is 261 g/mol. The zero-order valence-electron chi connectivity index (χ0n) is 11.1. The van der Waals surface area contributed by atoms with Gasteiger partial charge >= 0.3 is 5.97 Å². The normalized spacial score (nSPS) is 15.6. The zero-order valence-corrected chi connectivity index (χ0v) is 11.1. The van der Waals surface area contributed by atoms with Crippen molar-refractivity contribution in [3.05, 3.63) is 35.9 Å². The van der Waals surface area contributed by atoms with Crippen LogP contribution in [-0.4, -0.2) is 25.0 Å². The van der Waals surface area contributed by atoms with Crippen LogP contribution in [0.15, 0.2) is 30.3 Å². The van der Waals surface area contributed by atoms with Crippen molar-refractivity contribution in [2.45, 2.75) is 31.7 Å². The van der Waals surface area contributed by atoms with Crippen LogP contribution in [0.25, 0.3) is 0 Å². The van der Waals surface area contributed by atoms with E-state index >= 15 is 0 Å². The van der Waals surface area contributed by atoms with Gasteiger partial charge in [0.15, 0.2) is 0 Å². The molecule has 1 amide bonds. The fraction of sp³-hybridized carbons (Fsp3) is 0.467. The molecule has 0 spiro atoms. The number of methoxy groups -OCH3 is 1. The minimum atomic E-state index is -0.543. The van der Waals surface area contributed by atoms with E-state index in [1.165, 1.54) is 7.11 Å². The van der Waals surface area contributed by atoms with E-state index in [1.54, 1.807) is 0 Å². The van der Waals surface area contributed by atoms with E-state index in [-0.39, 0.29) is 17.8 Å². The number of carbonyl (C=O) groups excluding carboxylic acids is 2. The first kappa shape index (κ1) is 13.6. The molecule has 4 heteroatoms.